The van der Waals surface area contributed by atoms with Gasteiger partial charge in [0.15, 0.2) is 0 Å². The minimum atomic E-state index is -0.101. The minimum Gasteiger partial charge on any atom is -0.397 e. The highest BCUT2D eigenvalue weighted by molar-refractivity contribution is 5.96. The Morgan fingerprint density at radius 2 is 2.20 bits per heavy atom. The van der Waals surface area contributed by atoms with Crippen LogP contribution in [-0.2, 0) is 13.6 Å². The van der Waals surface area contributed by atoms with Crippen LogP contribution in [0.2, 0.25) is 0 Å². The first-order valence-electron chi connectivity index (χ1n) is 6.50. The summed E-state index contributed by atoms with van der Waals surface area (Å²) in [5, 5.41) is 10.1. The summed E-state index contributed by atoms with van der Waals surface area (Å²) in [4.78, 5) is 11.8. The predicted molar refractivity (Wildman–Crippen MR) is 79.4 cm³/mol. The van der Waals surface area contributed by atoms with Crippen molar-refractivity contribution in [1.82, 2.24) is 15.1 Å². The van der Waals surface area contributed by atoms with Crippen LogP contribution < -0.4 is 16.4 Å². The molecule has 0 fully saturated rings. The first-order valence-corrected chi connectivity index (χ1v) is 6.50. The summed E-state index contributed by atoms with van der Waals surface area (Å²) in [6.45, 7) is 3.08. The average molecular weight is 273 g/mol. The van der Waals surface area contributed by atoms with E-state index in [9.17, 15) is 4.79 Å². The number of aromatic nitrogens is 2. The molecule has 20 heavy (non-hydrogen) atoms. The van der Waals surface area contributed by atoms with Crippen LogP contribution in [0.4, 0.5) is 11.4 Å². The zero-order chi connectivity index (χ0) is 14.5. The monoisotopic (exact) mass is 273 g/mol. The molecule has 2 rings (SSSR count). The second kappa shape index (κ2) is 6.10. The Hall–Kier alpha value is -2.50. The third kappa shape index (κ3) is 3.09. The van der Waals surface area contributed by atoms with Gasteiger partial charge in [0.05, 0.1) is 23.6 Å². The van der Waals surface area contributed by atoms with E-state index >= 15 is 0 Å². The molecular weight excluding hydrogens is 254 g/mol. The highest BCUT2D eigenvalue weighted by atomic mass is 16.1. The van der Waals surface area contributed by atoms with Crippen molar-refractivity contribution in [1.29, 1.82) is 0 Å². The van der Waals surface area contributed by atoms with Crippen molar-refractivity contribution in [3.05, 3.63) is 41.7 Å². The first-order chi connectivity index (χ1) is 9.61. The lowest BCUT2D eigenvalue weighted by atomic mass is 10.1. The summed E-state index contributed by atoms with van der Waals surface area (Å²) in [6.07, 6.45) is 1.74. The third-order valence-corrected chi connectivity index (χ3v) is 3.04. The Bertz CT molecular complexity index is 605. The Morgan fingerprint density at radius 3 is 2.85 bits per heavy atom. The molecule has 0 bridgehead atoms. The molecule has 4 N–H and O–H groups in total. The molecule has 0 unspecified atom stereocenters. The summed E-state index contributed by atoms with van der Waals surface area (Å²) in [5.74, 6) is -0.101. The molecule has 1 heterocycles. The quantitative estimate of drug-likeness (QED) is 0.718. The summed E-state index contributed by atoms with van der Waals surface area (Å²) in [5.41, 5.74) is 8.91. The smallest absolute Gasteiger partial charge is 0.251 e. The number of aryl methyl sites for hydroxylation is 1. The fraction of sp³-hybridized carbons (Fsp3) is 0.286. The second-order valence-electron chi connectivity index (χ2n) is 4.46. The molecule has 6 nitrogen and oxygen atoms in total. The summed E-state index contributed by atoms with van der Waals surface area (Å²) < 4.78 is 1.79. The van der Waals surface area contributed by atoms with Crippen molar-refractivity contribution >= 4 is 17.3 Å². The van der Waals surface area contributed by atoms with E-state index < -0.39 is 0 Å². The lowest BCUT2D eigenvalue weighted by Gasteiger charge is -2.11. The van der Waals surface area contributed by atoms with Gasteiger partial charge in [-0.1, -0.05) is 0 Å². The Balaban J connectivity index is 2.12. The molecule has 2 aromatic rings. The maximum Gasteiger partial charge on any atom is 0.251 e. The van der Waals surface area contributed by atoms with Crippen molar-refractivity contribution in [3.63, 3.8) is 0 Å². The number of rotatable bonds is 5. The fourth-order valence-corrected chi connectivity index (χ4v) is 1.87. The number of anilines is 2. The standard InChI is InChI=1S/C14H19N5O/c1-3-16-14(20)10-4-5-12(15)13(8-10)17-9-11-6-7-18-19(11)2/h4-8,17H,3,9,15H2,1-2H3,(H,16,20). The maximum absolute atomic E-state index is 11.8. The van der Waals surface area contributed by atoms with Crippen LogP contribution in [0, 0.1) is 0 Å². The molecule has 0 saturated heterocycles. The fourth-order valence-electron chi connectivity index (χ4n) is 1.87. The molecule has 0 aliphatic carbocycles. The Labute approximate surface area is 118 Å². The van der Waals surface area contributed by atoms with Crippen molar-refractivity contribution < 1.29 is 4.79 Å². The number of nitrogens with two attached hydrogens (primary N) is 1. The van der Waals surface area contributed by atoms with Gasteiger partial charge in [-0.2, -0.15) is 5.10 Å². The summed E-state index contributed by atoms with van der Waals surface area (Å²) in [6, 6.07) is 7.14. The van der Waals surface area contributed by atoms with Crippen LogP contribution in [0.5, 0.6) is 0 Å². The first kappa shape index (κ1) is 13.9. The molecule has 0 aliphatic heterocycles. The molecule has 6 heteroatoms. The molecule has 1 amide bonds. The zero-order valence-electron chi connectivity index (χ0n) is 11.7. The lowest BCUT2D eigenvalue weighted by Crippen LogP contribution is -2.22. The van der Waals surface area contributed by atoms with Gasteiger partial charge in [0, 0.05) is 25.4 Å². The molecule has 0 atom stereocenters. The summed E-state index contributed by atoms with van der Waals surface area (Å²) in [7, 11) is 1.88. The summed E-state index contributed by atoms with van der Waals surface area (Å²) >= 11 is 0. The molecule has 1 aromatic carbocycles. The van der Waals surface area contributed by atoms with Gasteiger partial charge in [-0.15, -0.1) is 0 Å². The highest BCUT2D eigenvalue weighted by Crippen LogP contribution is 2.20. The van der Waals surface area contributed by atoms with Gasteiger partial charge >= 0.3 is 0 Å². The van der Waals surface area contributed by atoms with E-state index in [0.717, 1.165) is 11.4 Å². The van der Waals surface area contributed by atoms with Gasteiger partial charge < -0.3 is 16.4 Å². The Morgan fingerprint density at radius 1 is 1.40 bits per heavy atom. The molecule has 0 spiro atoms. The van der Waals surface area contributed by atoms with Gasteiger partial charge in [0.2, 0.25) is 0 Å². The number of nitrogens with zero attached hydrogens (tertiary/aromatic N) is 2. The number of hydrogen-bond donors (Lipinski definition) is 3. The van der Waals surface area contributed by atoms with Gasteiger partial charge in [0.25, 0.3) is 5.91 Å². The topological polar surface area (TPSA) is 85.0 Å². The van der Waals surface area contributed by atoms with E-state index in [2.05, 4.69) is 15.7 Å². The maximum atomic E-state index is 11.8. The molecule has 1 aromatic heterocycles. The average Bonchev–Trinajstić information content (AvgIpc) is 2.83. The van der Waals surface area contributed by atoms with Gasteiger partial charge in [0.1, 0.15) is 0 Å². The van der Waals surface area contributed by atoms with Crippen LogP contribution in [-0.4, -0.2) is 22.2 Å². The molecule has 0 aliphatic rings. The second-order valence-corrected chi connectivity index (χ2v) is 4.46. The number of benzene rings is 1. The number of carbonyl (C=O) groups excluding carboxylic acids is 1. The molecule has 106 valence electrons. The molecule has 0 radical (unpaired) electrons. The number of hydrogen-bond acceptors (Lipinski definition) is 4. The highest BCUT2D eigenvalue weighted by Gasteiger charge is 2.08. The van der Waals surface area contributed by atoms with Crippen LogP contribution in [0.3, 0.4) is 0 Å². The van der Waals surface area contributed by atoms with Crippen LogP contribution in [0.15, 0.2) is 30.5 Å². The van der Waals surface area contributed by atoms with E-state index in [-0.39, 0.29) is 5.91 Å². The van der Waals surface area contributed by atoms with Crippen molar-refractivity contribution in [3.8, 4) is 0 Å². The normalized spacial score (nSPS) is 10.3. The largest absolute Gasteiger partial charge is 0.397 e. The van der Waals surface area contributed by atoms with Crippen molar-refractivity contribution in [2.75, 3.05) is 17.6 Å². The van der Waals surface area contributed by atoms with Gasteiger partial charge in [-0.05, 0) is 31.2 Å². The van der Waals surface area contributed by atoms with E-state index in [0.29, 0.717) is 24.3 Å². The minimum absolute atomic E-state index is 0.101. The predicted octanol–water partition coefficient (Wildman–Crippen LogP) is 1.36. The van der Waals surface area contributed by atoms with E-state index in [1.807, 2.05) is 20.0 Å². The van der Waals surface area contributed by atoms with Crippen LogP contribution >= 0.6 is 0 Å². The van der Waals surface area contributed by atoms with Crippen LogP contribution in [0.1, 0.15) is 23.0 Å². The number of carbonyl (C=O) groups is 1. The number of nitrogens with one attached hydrogen (secondary N) is 2. The van der Waals surface area contributed by atoms with Crippen LogP contribution in [0.25, 0.3) is 0 Å². The lowest BCUT2D eigenvalue weighted by molar-refractivity contribution is 0.0956. The van der Waals surface area contributed by atoms with E-state index in [1.165, 1.54) is 0 Å². The zero-order valence-corrected chi connectivity index (χ0v) is 11.7. The molecule has 0 saturated carbocycles. The SMILES string of the molecule is CCNC(=O)c1ccc(N)c(NCc2ccnn2C)c1. The number of amides is 1. The van der Waals surface area contributed by atoms with Gasteiger partial charge in [-0.3, -0.25) is 9.48 Å². The van der Waals surface area contributed by atoms with Crippen molar-refractivity contribution in [2.45, 2.75) is 13.5 Å². The van der Waals surface area contributed by atoms with Crippen molar-refractivity contribution in [2.24, 2.45) is 7.05 Å². The van der Waals surface area contributed by atoms with E-state index in [1.54, 1.807) is 29.1 Å². The Kier molecular flexibility index (Phi) is 4.24. The molecular formula is C14H19N5O. The third-order valence-electron chi connectivity index (χ3n) is 3.04. The van der Waals surface area contributed by atoms with Gasteiger partial charge in [-0.25, -0.2) is 0 Å². The van der Waals surface area contributed by atoms with E-state index in [4.69, 9.17) is 5.73 Å². The number of nitrogen functional groups attached to an aromatic ring is 1.